The third kappa shape index (κ3) is 3.53. The van der Waals surface area contributed by atoms with Gasteiger partial charge in [-0.25, -0.2) is 9.97 Å². The molecule has 0 atom stereocenters. The summed E-state index contributed by atoms with van der Waals surface area (Å²) < 4.78 is 9.31. The third-order valence-electron chi connectivity index (χ3n) is 5.06. The van der Waals surface area contributed by atoms with Crippen LogP contribution < -0.4 is 10.1 Å². The molecule has 2 aromatic heterocycles. The zero-order chi connectivity index (χ0) is 21.2. The second-order valence-electron chi connectivity index (χ2n) is 6.96. The summed E-state index contributed by atoms with van der Waals surface area (Å²) in [7, 11) is 1.58. The molecule has 3 aromatic carbocycles. The first-order valence-corrected chi connectivity index (χ1v) is 9.73. The monoisotopic (exact) mass is 409 g/mol. The number of rotatable bonds is 5. The molecule has 0 aliphatic rings. The van der Waals surface area contributed by atoms with Crippen molar-refractivity contribution in [2.75, 3.05) is 12.4 Å². The van der Waals surface area contributed by atoms with Crippen molar-refractivity contribution in [1.29, 1.82) is 0 Å². The molecule has 0 unspecified atom stereocenters. The van der Waals surface area contributed by atoms with E-state index in [0.717, 1.165) is 22.4 Å². The molecule has 5 aromatic rings. The molecule has 0 saturated heterocycles. The maximum absolute atomic E-state index is 12.9. The fourth-order valence-corrected chi connectivity index (χ4v) is 3.54. The molecule has 0 saturated carbocycles. The zero-order valence-corrected chi connectivity index (χ0v) is 16.8. The summed E-state index contributed by atoms with van der Waals surface area (Å²) in [5, 5.41) is 2.97. The first-order chi connectivity index (χ1) is 15.2. The van der Waals surface area contributed by atoms with Gasteiger partial charge in [-0.15, -0.1) is 0 Å². The average molecular weight is 409 g/mol. The van der Waals surface area contributed by atoms with Crippen molar-refractivity contribution >= 4 is 22.6 Å². The quantitative estimate of drug-likeness (QED) is 0.465. The lowest BCUT2D eigenvalue weighted by Gasteiger charge is -2.12. The number of imidazole rings is 2. The highest BCUT2D eigenvalue weighted by Gasteiger charge is 2.12. The van der Waals surface area contributed by atoms with Crippen LogP contribution in [0.15, 0.2) is 91.8 Å². The number of ether oxygens (including phenoxy) is 1. The molecule has 7 heteroatoms. The molecule has 0 aliphatic carbocycles. The lowest BCUT2D eigenvalue weighted by Crippen LogP contribution is -2.12. The van der Waals surface area contributed by atoms with Gasteiger partial charge in [-0.3, -0.25) is 9.36 Å². The van der Waals surface area contributed by atoms with Crippen LogP contribution in [0.5, 0.6) is 5.75 Å². The molecule has 2 heterocycles. The van der Waals surface area contributed by atoms with Crippen molar-refractivity contribution in [3.8, 4) is 17.1 Å². The molecular weight excluding hydrogens is 390 g/mol. The van der Waals surface area contributed by atoms with E-state index in [2.05, 4.69) is 15.3 Å². The van der Waals surface area contributed by atoms with E-state index in [-0.39, 0.29) is 5.91 Å². The predicted molar refractivity (Wildman–Crippen MR) is 119 cm³/mol. The van der Waals surface area contributed by atoms with Crippen molar-refractivity contribution in [2.24, 2.45) is 0 Å². The summed E-state index contributed by atoms with van der Waals surface area (Å²) in [6.45, 7) is 0. The molecular formula is C24H19N5O2. The summed E-state index contributed by atoms with van der Waals surface area (Å²) in [5.74, 6) is 0.368. The highest BCUT2D eigenvalue weighted by atomic mass is 16.5. The number of carbonyl (C=O) groups excluding carboxylic acids is 1. The summed E-state index contributed by atoms with van der Waals surface area (Å²) in [6, 6.07) is 20.9. The highest BCUT2D eigenvalue weighted by molar-refractivity contribution is 6.04. The summed E-state index contributed by atoms with van der Waals surface area (Å²) >= 11 is 0. The molecule has 1 amide bonds. The maximum Gasteiger partial charge on any atom is 0.255 e. The van der Waals surface area contributed by atoms with Gasteiger partial charge >= 0.3 is 0 Å². The summed E-state index contributed by atoms with van der Waals surface area (Å²) in [5.41, 5.74) is 4.84. The molecule has 1 N–H and O–H groups in total. The normalized spacial score (nSPS) is 10.9. The maximum atomic E-state index is 12.9. The number of fused-ring (bicyclic) bond motifs is 1. The first-order valence-electron chi connectivity index (χ1n) is 9.73. The molecule has 0 aliphatic heterocycles. The molecule has 7 nitrogen and oxygen atoms in total. The van der Waals surface area contributed by atoms with E-state index in [1.807, 2.05) is 69.9 Å². The minimum absolute atomic E-state index is 0.219. The Hall–Kier alpha value is -4.39. The van der Waals surface area contributed by atoms with Gasteiger partial charge in [-0.2, -0.15) is 0 Å². The largest absolute Gasteiger partial charge is 0.495 e. The predicted octanol–water partition coefficient (Wildman–Crippen LogP) is 4.47. The van der Waals surface area contributed by atoms with Gasteiger partial charge in [0.05, 0.1) is 30.2 Å². The number of para-hydroxylation sites is 2. The Balaban J connectivity index is 1.42. The number of hydrogen-bond donors (Lipinski definition) is 1. The number of aromatic nitrogens is 4. The molecule has 31 heavy (non-hydrogen) atoms. The van der Waals surface area contributed by atoms with E-state index >= 15 is 0 Å². The molecule has 5 rings (SSSR count). The number of amides is 1. The minimum Gasteiger partial charge on any atom is -0.495 e. The number of carbonyl (C=O) groups is 1. The fraction of sp³-hybridized carbons (Fsp3) is 0.0417. The number of hydrogen-bond acceptors (Lipinski definition) is 4. The Bertz CT molecular complexity index is 1370. The number of nitrogens with zero attached hydrogens (tertiary/aromatic N) is 4. The standard InChI is InChI=1S/C24H19N5O2/c1-31-23-13-17(9-10-22(23)28-12-11-25-15-28)24(30)27-18-5-4-6-19(14-18)29-16-26-20-7-2-3-8-21(20)29/h2-16H,1H3,(H,27,30). The van der Waals surface area contributed by atoms with Crippen LogP contribution in [0, 0.1) is 0 Å². The van der Waals surface area contributed by atoms with Gasteiger partial charge in [0, 0.05) is 29.3 Å². The number of benzene rings is 3. The molecule has 0 fully saturated rings. The van der Waals surface area contributed by atoms with E-state index in [4.69, 9.17) is 4.74 Å². The minimum atomic E-state index is -0.219. The Kier molecular flexibility index (Phi) is 4.68. The third-order valence-corrected chi connectivity index (χ3v) is 5.06. The Morgan fingerprint density at radius 3 is 2.74 bits per heavy atom. The van der Waals surface area contributed by atoms with Gasteiger partial charge in [0.15, 0.2) is 0 Å². The smallest absolute Gasteiger partial charge is 0.255 e. The van der Waals surface area contributed by atoms with Crippen LogP contribution in [-0.4, -0.2) is 32.1 Å². The summed E-state index contributed by atoms with van der Waals surface area (Å²) in [4.78, 5) is 21.4. The Morgan fingerprint density at radius 2 is 1.90 bits per heavy atom. The van der Waals surface area contributed by atoms with Crippen LogP contribution >= 0.6 is 0 Å². The van der Waals surface area contributed by atoms with Gasteiger partial charge in [0.25, 0.3) is 5.91 Å². The Morgan fingerprint density at radius 1 is 1.00 bits per heavy atom. The van der Waals surface area contributed by atoms with Crippen molar-refractivity contribution in [3.05, 3.63) is 97.3 Å². The molecule has 152 valence electrons. The van der Waals surface area contributed by atoms with E-state index in [1.165, 1.54) is 0 Å². The Labute approximate surface area is 178 Å². The van der Waals surface area contributed by atoms with E-state index in [9.17, 15) is 4.79 Å². The lowest BCUT2D eigenvalue weighted by molar-refractivity contribution is 0.102. The number of methoxy groups -OCH3 is 1. The molecule has 0 bridgehead atoms. The van der Waals surface area contributed by atoms with E-state index < -0.39 is 0 Å². The second-order valence-corrected chi connectivity index (χ2v) is 6.96. The highest BCUT2D eigenvalue weighted by Crippen LogP contribution is 2.25. The molecule has 0 spiro atoms. The van der Waals surface area contributed by atoms with E-state index in [0.29, 0.717) is 17.0 Å². The van der Waals surface area contributed by atoms with Gasteiger partial charge in [-0.1, -0.05) is 18.2 Å². The van der Waals surface area contributed by atoms with Crippen LogP contribution in [0.4, 0.5) is 5.69 Å². The van der Waals surface area contributed by atoms with Crippen LogP contribution in [0.3, 0.4) is 0 Å². The van der Waals surface area contributed by atoms with Crippen LogP contribution in [-0.2, 0) is 0 Å². The van der Waals surface area contributed by atoms with Crippen molar-refractivity contribution in [1.82, 2.24) is 19.1 Å². The van der Waals surface area contributed by atoms with Crippen LogP contribution in [0.2, 0.25) is 0 Å². The second kappa shape index (κ2) is 7.79. The first kappa shape index (κ1) is 18.6. The van der Waals surface area contributed by atoms with Crippen molar-refractivity contribution in [3.63, 3.8) is 0 Å². The van der Waals surface area contributed by atoms with Gasteiger partial charge in [-0.05, 0) is 48.5 Å². The van der Waals surface area contributed by atoms with Crippen molar-refractivity contribution in [2.45, 2.75) is 0 Å². The summed E-state index contributed by atoms with van der Waals surface area (Å²) in [6.07, 6.45) is 6.98. The molecule has 0 radical (unpaired) electrons. The van der Waals surface area contributed by atoms with Gasteiger partial charge < -0.3 is 14.6 Å². The van der Waals surface area contributed by atoms with Crippen LogP contribution in [0.25, 0.3) is 22.4 Å². The zero-order valence-electron chi connectivity index (χ0n) is 16.8. The average Bonchev–Trinajstić information content (AvgIpc) is 3.49. The fourth-order valence-electron chi connectivity index (χ4n) is 3.54. The SMILES string of the molecule is COc1cc(C(=O)Nc2cccc(-n3cnc4ccccc43)c2)ccc1-n1ccnc1. The number of anilines is 1. The topological polar surface area (TPSA) is 74.0 Å². The van der Waals surface area contributed by atoms with Crippen LogP contribution in [0.1, 0.15) is 10.4 Å². The van der Waals surface area contributed by atoms with Gasteiger partial charge in [0.2, 0.25) is 0 Å². The van der Waals surface area contributed by atoms with Crippen molar-refractivity contribution < 1.29 is 9.53 Å². The van der Waals surface area contributed by atoms with Gasteiger partial charge in [0.1, 0.15) is 12.1 Å². The number of nitrogens with one attached hydrogen (secondary N) is 1. The lowest BCUT2D eigenvalue weighted by atomic mass is 10.1. The van der Waals surface area contributed by atoms with E-state index in [1.54, 1.807) is 38.1 Å².